The third-order valence-corrected chi connectivity index (χ3v) is 2.11. The van der Waals surface area contributed by atoms with Crippen molar-refractivity contribution in [3.05, 3.63) is 35.9 Å². The van der Waals surface area contributed by atoms with E-state index in [1.165, 1.54) is 0 Å². The van der Waals surface area contributed by atoms with Crippen LogP contribution in [-0.2, 0) is 9.53 Å². The third kappa shape index (κ3) is 3.50. The molecule has 0 saturated carbocycles. The molecule has 1 aromatic carbocycles. The van der Waals surface area contributed by atoms with Crippen LogP contribution in [0.2, 0.25) is 0 Å². The topological polar surface area (TPSA) is 38.7 Å². The Bertz CT molecular complexity index is 369. The number of benzene rings is 1. The van der Waals surface area contributed by atoms with E-state index in [4.69, 9.17) is 4.74 Å². The molecule has 0 N–H and O–H groups in total. The summed E-state index contributed by atoms with van der Waals surface area (Å²) in [5.41, 5.74) is 0.145. The van der Waals surface area contributed by atoms with Crippen LogP contribution in [0.5, 0.6) is 0 Å². The average molecular weight is 219 g/mol. The lowest BCUT2D eigenvalue weighted by molar-refractivity contribution is -0.148. The van der Waals surface area contributed by atoms with E-state index < -0.39 is 5.54 Å². The Morgan fingerprint density at radius 1 is 1.38 bits per heavy atom. The Balaban J connectivity index is 2.72. The third-order valence-electron chi connectivity index (χ3n) is 2.11. The Labute approximate surface area is 96.2 Å². The largest absolute Gasteiger partial charge is 0.464 e. The molecule has 0 aliphatic carbocycles. The zero-order chi connectivity index (χ0) is 12.0. The predicted octanol–water partition coefficient (Wildman–Crippen LogP) is 2.45. The minimum Gasteiger partial charge on any atom is -0.464 e. The van der Waals surface area contributed by atoms with E-state index in [-0.39, 0.29) is 5.97 Å². The van der Waals surface area contributed by atoms with Crippen molar-refractivity contribution in [1.82, 2.24) is 0 Å². The lowest BCUT2D eigenvalue weighted by Crippen LogP contribution is -2.31. The van der Waals surface area contributed by atoms with E-state index in [0.717, 1.165) is 5.56 Å². The average Bonchev–Trinajstić information content (AvgIpc) is 2.28. The van der Waals surface area contributed by atoms with Gasteiger partial charge in [0.15, 0.2) is 5.54 Å². The SMILES string of the molecule is CCOC(=O)C(C)(C)N=Cc1ccccc1. The highest BCUT2D eigenvalue weighted by Crippen LogP contribution is 2.11. The Morgan fingerprint density at radius 2 is 2.00 bits per heavy atom. The van der Waals surface area contributed by atoms with Crippen molar-refractivity contribution >= 4 is 12.2 Å². The molecule has 0 radical (unpaired) electrons. The number of esters is 1. The summed E-state index contributed by atoms with van der Waals surface area (Å²) < 4.78 is 4.94. The summed E-state index contributed by atoms with van der Waals surface area (Å²) in [6, 6.07) is 9.67. The predicted molar refractivity (Wildman–Crippen MR) is 64.7 cm³/mol. The molecule has 0 bridgehead atoms. The molecule has 0 unspecified atom stereocenters. The quantitative estimate of drug-likeness (QED) is 0.576. The fourth-order valence-electron chi connectivity index (χ4n) is 1.14. The zero-order valence-electron chi connectivity index (χ0n) is 9.93. The van der Waals surface area contributed by atoms with Gasteiger partial charge in [-0.1, -0.05) is 30.3 Å². The summed E-state index contributed by atoms with van der Waals surface area (Å²) in [6.45, 7) is 5.65. The Kier molecular flexibility index (Phi) is 4.23. The second kappa shape index (κ2) is 5.45. The van der Waals surface area contributed by atoms with Gasteiger partial charge in [-0.05, 0) is 26.3 Å². The first kappa shape index (κ1) is 12.4. The minimum absolute atomic E-state index is 0.304. The second-order valence-corrected chi connectivity index (χ2v) is 3.95. The number of carbonyl (C=O) groups excluding carboxylic acids is 1. The van der Waals surface area contributed by atoms with Crippen LogP contribution in [0.3, 0.4) is 0 Å². The molecule has 0 heterocycles. The van der Waals surface area contributed by atoms with Crippen LogP contribution in [0.1, 0.15) is 26.3 Å². The van der Waals surface area contributed by atoms with Crippen molar-refractivity contribution in [3.63, 3.8) is 0 Å². The van der Waals surface area contributed by atoms with Gasteiger partial charge in [-0.3, -0.25) is 4.99 Å². The minimum atomic E-state index is -0.828. The number of aliphatic imine (C=N–C) groups is 1. The van der Waals surface area contributed by atoms with Gasteiger partial charge in [0.2, 0.25) is 0 Å². The number of nitrogens with zero attached hydrogens (tertiary/aromatic N) is 1. The highest BCUT2D eigenvalue weighted by atomic mass is 16.5. The van der Waals surface area contributed by atoms with Crippen molar-refractivity contribution in [2.75, 3.05) is 6.61 Å². The first-order chi connectivity index (χ1) is 7.56. The highest BCUT2D eigenvalue weighted by molar-refractivity contribution is 5.86. The monoisotopic (exact) mass is 219 g/mol. The van der Waals surface area contributed by atoms with Gasteiger partial charge in [-0.2, -0.15) is 0 Å². The maximum atomic E-state index is 11.6. The van der Waals surface area contributed by atoms with Gasteiger partial charge in [0, 0.05) is 6.21 Å². The van der Waals surface area contributed by atoms with Gasteiger partial charge in [-0.25, -0.2) is 4.79 Å². The number of hydrogen-bond acceptors (Lipinski definition) is 3. The maximum Gasteiger partial charge on any atom is 0.333 e. The lowest BCUT2D eigenvalue weighted by atomic mass is 10.1. The van der Waals surface area contributed by atoms with E-state index in [0.29, 0.717) is 6.61 Å². The van der Waals surface area contributed by atoms with Crippen molar-refractivity contribution in [2.45, 2.75) is 26.3 Å². The van der Waals surface area contributed by atoms with Crippen molar-refractivity contribution < 1.29 is 9.53 Å². The molecule has 16 heavy (non-hydrogen) atoms. The number of hydrogen-bond donors (Lipinski definition) is 0. The van der Waals surface area contributed by atoms with Gasteiger partial charge in [0.05, 0.1) is 6.61 Å². The number of ether oxygens (including phenoxy) is 1. The molecule has 3 heteroatoms. The van der Waals surface area contributed by atoms with E-state index >= 15 is 0 Å². The molecule has 0 fully saturated rings. The summed E-state index contributed by atoms with van der Waals surface area (Å²) in [7, 11) is 0. The molecule has 0 saturated heterocycles. The molecule has 3 nitrogen and oxygen atoms in total. The summed E-state index contributed by atoms with van der Waals surface area (Å²) in [5.74, 6) is -0.304. The van der Waals surface area contributed by atoms with Gasteiger partial charge in [0.25, 0.3) is 0 Å². The molecule has 0 atom stereocenters. The van der Waals surface area contributed by atoms with Crippen LogP contribution in [0, 0.1) is 0 Å². The number of carbonyl (C=O) groups is 1. The van der Waals surface area contributed by atoms with E-state index in [1.807, 2.05) is 30.3 Å². The van der Waals surface area contributed by atoms with Crippen LogP contribution in [0.15, 0.2) is 35.3 Å². The fraction of sp³-hybridized carbons (Fsp3) is 0.385. The smallest absolute Gasteiger partial charge is 0.333 e. The molecule has 1 aromatic rings. The molecular weight excluding hydrogens is 202 g/mol. The summed E-state index contributed by atoms with van der Waals surface area (Å²) in [6.07, 6.45) is 1.69. The Morgan fingerprint density at radius 3 is 2.56 bits per heavy atom. The van der Waals surface area contributed by atoms with Crippen LogP contribution in [0.4, 0.5) is 0 Å². The first-order valence-electron chi connectivity index (χ1n) is 5.34. The van der Waals surface area contributed by atoms with Crippen LogP contribution < -0.4 is 0 Å². The van der Waals surface area contributed by atoms with Gasteiger partial charge < -0.3 is 4.74 Å². The lowest BCUT2D eigenvalue weighted by Gasteiger charge is -2.16. The molecule has 0 aromatic heterocycles. The molecule has 0 aliphatic rings. The van der Waals surface area contributed by atoms with Crippen LogP contribution >= 0.6 is 0 Å². The first-order valence-corrected chi connectivity index (χ1v) is 5.34. The summed E-state index contributed by atoms with van der Waals surface area (Å²) in [4.78, 5) is 15.8. The molecule has 0 spiro atoms. The molecular formula is C13H17NO2. The normalized spacial score (nSPS) is 11.7. The molecule has 0 amide bonds. The van der Waals surface area contributed by atoms with Crippen molar-refractivity contribution in [2.24, 2.45) is 4.99 Å². The summed E-state index contributed by atoms with van der Waals surface area (Å²) in [5, 5.41) is 0. The second-order valence-electron chi connectivity index (χ2n) is 3.95. The van der Waals surface area contributed by atoms with Gasteiger partial charge >= 0.3 is 5.97 Å². The highest BCUT2D eigenvalue weighted by Gasteiger charge is 2.27. The molecule has 1 rings (SSSR count). The maximum absolute atomic E-state index is 11.6. The standard InChI is InChI=1S/C13H17NO2/c1-4-16-12(15)13(2,3)14-10-11-8-6-5-7-9-11/h5-10H,4H2,1-3H3. The van der Waals surface area contributed by atoms with Gasteiger partial charge in [0.1, 0.15) is 0 Å². The van der Waals surface area contributed by atoms with E-state index in [9.17, 15) is 4.79 Å². The Hall–Kier alpha value is -1.64. The zero-order valence-corrected chi connectivity index (χ0v) is 9.93. The molecule has 86 valence electrons. The number of rotatable bonds is 4. The van der Waals surface area contributed by atoms with Gasteiger partial charge in [-0.15, -0.1) is 0 Å². The van der Waals surface area contributed by atoms with Crippen LogP contribution in [-0.4, -0.2) is 24.3 Å². The summed E-state index contributed by atoms with van der Waals surface area (Å²) >= 11 is 0. The van der Waals surface area contributed by atoms with E-state index in [2.05, 4.69) is 4.99 Å². The van der Waals surface area contributed by atoms with Crippen molar-refractivity contribution in [3.8, 4) is 0 Å². The van der Waals surface area contributed by atoms with E-state index in [1.54, 1.807) is 27.0 Å². The fourth-order valence-corrected chi connectivity index (χ4v) is 1.14. The molecule has 0 aliphatic heterocycles. The van der Waals surface area contributed by atoms with Crippen LogP contribution in [0.25, 0.3) is 0 Å². The van der Waals surface area contributed by atoms with Crippen molar-refractivity contribution in [1.29, 1.82) is 0 Å².